The third-order valence-electron chi connectivity index (χ3n) is 9.54. The van der Waals surface area contributed by atoms with Crippen molar-refractivity contribution in [1.29, 1.82) is 0 Å². The molecule has 1 unspecified atom stereocenters. The van der Waals surface area contributed by atoms with Gasteiger partial charge in [-0.3, -0.25) is 4.57 Å². The fourth-order valence-corrected chi connectivity index (χ4v) is 7.67. The van der Waals surface area contributed by atoms with Gasteiger partial charge in [-0.25, -0.2) is 4.99 Å². The number of nitrogens with zero attached hydrogens (tertiary/aromatic N) is 3. The zero-order valence-electron chi connectivity index (χ0n) is 24.9. The fourth-order valence-electron chi connectivity index (χ4n) is 7.67. The number of rotatable bonds is 2. The van der Waals surface area contributed by atoms with Gasteiger partial charge >= 0.3 is 0 Å². The molecule has 1 aliphatic rings. The summed E-state index contributed by atoms with van der Waals surface area (Å²) in [6.45, 7) is 0. The Bertz CT molecular complexity index is 2660. The van der Waals surface area contributed by atoms with Crippen LogP contribution in [0.1, 0.15) is 17.2 Å². The van der Waals surface area contributed by atoms with Crippen LogP contribution in [0.2, 0.25) is 0 Å². The second kappa shape index (κ2) is 9.68. The maximum absolute atomic E-state index is 5.33. The van der Waals surface area contributed by atoms with Crippen molar-refractivity contribution in [3.63, 3.8) is 0 Å². The number of fused-ring (bicyclic) bond motifs is 11. The molecule has 7 aromatic carbocycles. The lowest BCUT2D eigenvalue weighted by atomic mass is 9.96. The van der Waals surface area contributed by atoms with E-state index in [0.717, 1.165) is 28.4 Å². The molecular weight excluding hydrogens is 560 g/mol. The van der Waals surface area contributed by atoms with Crippen molar-refractivity contribution in [2.24, 2.45) is 4.99 Å². The van der Waals surface area contributed by atoms with Crippen molar-refractivity contribution in [3.8, 4) is 5.69 Å². The van der Waals surface area contributed by atoms with Gasteiger partial charge in [0, 0.05) is 43.6 Å². The number of nitrogens with one attached hydrogen (secondary N) is 1. The fraction of sp³-hybridized carbons (Fsp3) is 0.0238. The molecule has 3 heterocycles. The minimum absolute atomic E-state index is 0.0314. The first-order valence-corrected chi connectivity index (χ1v) is 15.8. The number of para-hydroxylation sites is 4. The Kier molecular flexibility index (Phi) is 5.31. The van der Waals surface area contributed by atoms with Crippen LogP contribution < -0.4 is 5.32 Å². The highest BCUT2D eigenvalue weighted by molar-refractivity contribution is 6.38. The van der Waals surface area contributed by atoms with E-state index in [1.165, 1.54) is 54.5 Å². The Hall–Kier alpha value is -6.13. The van der Waals surface area contributed by atoms with Gasteiger partial charge in [-0.05, 0) is 35.9 Å². The van der Waals surface area contributed by atoms with Crippen molar-refractivity contribution in [2.45, 2.75) is 6.04 Å². The van der Waals surface area contributed by atoms with Gasteiger partial charge in [0.25, 0.3) is 0 Å². The van der Waals surface area contributed by atoms with E-state index < -0.39 is 0 Å². The number of aliphatic imine (C=N–C) groups is 1. The van der Waals surface area contributed by atoms with E-state index in [-0.39, 0.29) is 6.04 Å². The predicted octanol–water partition coefficient (Wildman–Crippen LogP) is 10.3. The van der Waals surface area contributed by atoms with Crippen LogP contribution in [0.4, 0.5) is 5.69 Å². The van der Waals surface area contributed by atoms with Crippen LogP contribution >= 0.6 is 0 Å². The normalized spacial score (nSPS) is 14.6. The van der Waals surface area contributed by atoms with Gasteiger partial charge < -0.3 is 9.88 Å². The second-order valence-electron chi connectivity index (χ2n) is 12.0. The van der Waals surface area contributed by atoms with Gasteiger partial charge in [-0.15, -0.1) is 0 Å². The zero-order valence-corrected chi connectivity index (χ0v) is 24.9. The summed E-state index contributed by atoms with van der Waals surface area (Å²) in [5.74, 6) is 0.829. The van der Waals surface area contributed by atoms with Crippen LogP contribution in [0, 0.1) is 0 Å². The van der Waals surface area contributed by atoms with Gasteiger partial charge in [-0.2, -0.15) is 0 Å². The summed E-state index contributed by atoms with van der Waals surface area (Å²) in [5, 5.41) is 11.3. The van der Waals surface area contributed by atoms with Gasteiger partial charge in [0.15, 0.2) is 0 Å². The molecule has 0 fully saturated rings. The molecule has 2 aromatic heterocycles. The summed E-state index contributed by atoms with van der Waals surface area (Å²) >= 11 is 0. The molecule has 9 aromatic rings. The van der Waals surface area contributed by atoms with Gasteiger partial charge in [0.2, 0.25) is 5.96 Å². The molecule has 0 spiro atoms. The molecule has 1 atom stereocenters. The molecule has 0 amide bonds. The Balaban J connectivity index is 1.40. The van der Waals surface area contributed by atoms with Crippen LogP contribution in [0.15, 0.2) is 163 Å². The number of hydrogen-bond donors (Lipinski definition) is 1. The van der Waals surface area contributed by atoms with E-state index in [2.05, 4.69) is 172 Å². The highest BCUT2D eigenvalue weighted by Gasteiger charge is 2.29. The second-order valence-corrected chi connectivity index (χ2v) is 12.0. The molecule has 1 N–H and O–H groups in total. The van der Waals surface area contributed by atoms with Crippen LogP contribution in [-0.2, 0) is 0 Å². The Morgan fingerprint density at radius 1 is 0.457 bits per heavy atom. The molecule has 1 aliphatic heterocycles. The van der Waals surface area contributed by atoms with E-state index in [9.17, 15) is 0 Å². The van der Waals surface area contributed by atoms with Gasteiger partial charge in [0.05, 0.1) is 33.8 Å². The molecule has 0 aliphatic carbocycles. The third kappa shape index (κ3) is 3.47. The van der Waals surface area contributed by atoms with Gasteiger partial charge in [0.1, 0.15) is 0 Å². The molecule has 10 rings (SSSR count). The smallest absolute Gasteiger partial charge is 0.209 e. The highest BCUT2D eigenvalue weighted by Crippen LogP contribution is 2.46. The lowest BCUT2D eigenvalue weighted by Crippen LogP contribution is -2.36. The SMILES string of the molecule is c1ccc(C2NC(n3c4ccccc4c4c5c6ccccc6n(-c6ccccc6)c5c5ccccc5c43)=Nc3ccccc32)cc1. The van der Waals surface area contributed by atoms with Crippen LogP contribution in [-0.4, -0.2) is 15.1 Å². The third-order valence-corrected chi connectivity index (χ3v) is 9.54. The van der Waals surface area contributed by atoms with Crippen molar-refractivity contribution in [1.82, 2.24) is 14.5 Å². The summed E-state index contributed by atoms with van der Waals surface area (Å²) in [6, 6.07) is 56.3. The van der Waals surface area contributed by atoms with Gasteiger partial charge in [-0.1, -0.05) is 127 Å². The lowest BCUT2D eigenvalue weighted by Gasteiger charge is -2.28. The maximum Gasteiger partial charge on any atom is 0.209 e. The molecule has 46 heavy (non-hydrogen) atoms. The monoisotopic (exact) mass is 588 g/mol. The minimum atomic E-state index is -0.0314. The number of benzene rings is 7. The highest BCUT2D eigenvalue weighted by atomic mass is 15.2. The summed E-state index contributed by atoms with van der Waals surface area (Å²) < 4.78 is 4.81. The largest absolute Gasteiger partial charge is 0.344 e. The van der Waals surface area contributed by atoms with E-state index in [0.29, 0.717) is 0 Å². The van der Waals surface area contributed by atoms with Crippen molar-refractivity contribution in [3.05, 3.63) is 169 Å². The molecule has 0 bridgehead atoms. The maximum atomic E-state index is 5.33. The standard InChI is InChI=1S/C42H28N4/c1-3-15-27(16-4-1)39-31-21-9-12-24-34(31)43-42(44-39)46-36-26-14-11-23-33(36)38-37-32-22-10-13-25-35(32)45(28-17-5-2-6-18-28)40(37)29-19-7-8-20-30(29)41(38)46/h1-26,39H,(H,43,44). The molecule has 4 nitrogen and oxygen atoms in total. The van der Waals surface area contributed by atoms with Crippen LogP contribution in [0.3, 0.4) is 0 Å². The summed E-state index contributed by atoms with van der Waals surface area (Å²) in [6.07, 6.45) is 0. The van der Waals surface area contributed by atoms with Crippen molar-refractivity contribution in [2.75, 3.05) is 0 Å². The van der Waals surface area contributed by atoms with Crippen LogP contribution in [0.5, 0.6) is 0 Å². The first kappa shape index (κ1) is 25.2. The summed E-state index contributed by atoms with van der Waals surface area (Å²) in [5.41, 5.74) is 9.25. The topological polar surface area (TPSA) is 34.2 Å². The van der Waals surface area contributed by atoms with Crippen molar-refractivity contribution < 1.29 is 0 Å². The zero-order chi connectivity index (χ0) is 30.2. The predicted molar refractivity (Wildman–Crippen MR) is 192 cm³/mol. The van der Waals surface area contributed by atoms with E-state index in [1.807, 2.05) is 0 Å². The van der Waals surface area contributed by atoms with Crippen molar-refractivity contribution >= 4 is 66.0 Å². The quantitative estimate of drug-likeness (QED) is 0.214. The molecule has 4 heteroatoms. The number of hydrogen-bond acceptors (Lipinski definition) is 2. The van der Waals surface area contributed by atoms with Crippen LogP contribution in [0.25, 0.3) is 60.1 Å². The molecule has 0 saturated heterocycles. The summed E-state index contributed by atoms with van der Waals surface area (Å²) in [4.78, 5) is 5.33. The average Bonchev–Trinajstić information content (AvgIpc) is 3.66. The lowest BCUT2D eigenvalue weighted by molar-refractivity contribution is 0.731. The summed E-state index contributed by atoms with van der Waals surface area (Å²) in [7, 11) is 0. The van der Waals surface area contributed by atoms with E-state index in [4.69, 9.17) is 4.99 Å². The van der Waals surface area contributed by atoms with E-state index >= 15 is 0 Å². The average molecular weight is 589 g/mol. The number of aromatic nitrogens is 2. The Labute approximate surface area is 265 Å². The first-order chi connectivity index (χ1) is 22.9. The van der Waals surface area contributed by atoms with E-state index in [1.54, 1.807) is 0 Å². The molecule has 216 valence electrons. The Morgan fingerprint density at radius 3 is 1.63 bits per heavy atom. The Morgan fingerprint density at radius 2 is 0.957 bits per heavy atom. The first-order valence-electron chi connectivity index (χ1n) is 15.8. The minimum Gasteiger partial charge on any atom is -0.344 e. The molecular formula is C42H28N4. The molecule has 0 radical (unpaired) electrons. The molecule has 0 saturated carbocycles.